The van der Waals surface area contributed by atoms with Gasteiger partial charge in [0.05, 0.1) is 17.6 Å². The van der Waals surface area contributed by atoms with E-state index in [0.717, 1.165) is 0 Å². The van der Waals surface area contributed by atoms with E-state index in [0.29, 0.717) is 0 Å². The number of nitro benzene ring substituents is 1. The summed E-state index contributed by atoms with van der Waals surface area (Å²) >= 11 is 0. The third-order valence-corrected chi connectivity index (χ3v) is 2.09. The number of benzene rings is 1. The summed E-state index contributed by atoms with van der Waals surface area (Å²) in [5.41, 5.74) is -2.89. The number of nitro groups is 1. The van der Waals surface area contributed by atoms with Crippen LogP contribution in [0.15, 0.2) is 12.1 Å². The van der Waals surface area contributed by atoms with E-state index in [2.05, 4.69) is 9.47 Å². The van der Waals surface area contributed by atoms with Gasteiger partial charge in [0.1, 0.15) is 11.3 Å². The number of ether oxygens (including phenoxy) is 2. The van der Waals surface area contributed by atoms with Gasteiger partial charge in [0.25, 0.3) is 0 Å². The minimum atomic E-state index is -5.37. The highest BCUT2D eigenvalue weighted by molar-refractivity contribution is 5.56. The highest BCUT2D eigenvalue weighted by atomic mass is 19.4. The topological polar surface area (TPSA) is 61.6 Å². The number of rotatable bonds is 4. The predicted octanol–water partition coefficient (Wildman–Crippen LogP) is 3.91. The summed E-state index contributed by atoms with van der Waals surface area (Å²) in [4.78, 5) is 9.34. The van der Waals surface area contributed by atoms with Crippen LogP contribution in [0.4, 0.5) is 32.0 Å². The molecule has 0 spiro atoms. The lowest BCUT2D eigenvalue weighted by atomic mass is 10.1. The molecule has 0 atom stereocenters. The largest absolute Gasteiger partial charge is 0.573 e. The van der Waals surface area contributed by atoms with Gasteiger partial charge in [-0.25, -0.2) is 0 Å². The van der Waals surface area contributed by atoms with E-state index in [1.807, 2.05) is 0 Å². The van der Waals surface area contributed by atoms with Gasteiger partial charge in [-0.2, -0.15) is 13.2 Å². The molecule has 1 aromatic carbocycles. The Kier molecular flexibility index (Phi) is 4.54. The molecule has 0 aromatic heterocycles. The highest BCUT2D eigenvalue weighted by Crippen LogP contribution is 2.44. The van der Waals surface area contributed by atoms with Crippen molar-refractivity contribution in [3.63, 3.8) is 0 Å². The van der Waals surface area contributed by atoms with Crippen LogP contribution in [-0.2, 0) is 6.18 Å². The molecular formula is C10H7F6NO4. The molecule has 0 bridgehead atoms. The lowest BCUT2D eigenvalue weighted by Gasteiger charge is -2.16. The average Bonchev–Trinajstić information content (AvgIpc) is 2.27. The van der Waals surface area contributed by atoms with Gasteiger partial charge < -0.3 is 9.47 Å². The molecule has 21 heavy (non-hydrogen) atoms. The van der Waals surface area contributed by atoms with Gasteiger partial charge in [0.2, 0.25) is 5.75 Å². The molecule has 0 aliphatic carbocycles. The van der Waals surface area contributed by atoms with Crippen LogP contribution in [0.3, 0.4) is 0 Å². The first-order chi connectivity index (χ1) is 9.45. The molecule has 0 fully saturated rings. The first kappa shape index (κ1) is 16.9. The van der Waals surface area contributed by atoms with Crippen molar-refractivity contribution in [1.82, 2.24) is 0 Å². The van der Waals surface area contributed by atoms with Gasteiger partial charge in [0, 0.05) is 6.07 Å². The third kappa shape index (κ3) is 4.39. The van der Waals surface area contributed by atoms with Gasteiger partial charge >= 0.3 is 18.2 Å². The molecule has 0 radical (unpaired) electrons. The maximum Gasteiger partial charge on any atom is 0.573 e. The van der Waals surface area contributed by atoms with Crippen LogP contribution in [-0.4, -0.2) is 17.9 Å². The predicted molar refractivity (Wildman–Crippen MR) is 56.0 cm³/mol. The zero-order valence-corrected chi connectivity index (χ0v) is 10.2. The third-order valence-electron chi connectivity index (χ3n) is 2.09. The zero-order chi connectivity index (χ0) is 16.4. The van der Waals surface area contributed by atoms with Crippen molar-refractivity contribution in [2.24, 2.45) is 0 Å². The van der Waals surface area contributed by atoms with Crippen LogP contribution >= 0.6 is 0 Å². The molecule has 0 saturated carbocycles. The number of nitrogens with zero attached hydrogens (tertiary/aromatic N) is 1. The smallest absolute Gasteiger partial charge is 0.493 e. The summed E-state index contributed by atoms with van der Waals surface area (Å²) in [6, 6.07) is 0.129. The van der Waals surface area contributed by atoms with Crippen LogP contribution in [0, 0.1) is 10.1 Å². The Hall–Kier alpha value is -2.20. The summed E-state index contributed by atoms with van der Waals surface area (Å²) in [5.74, 6) is -2.52. The molecule has 118 valence electrons. The van der Waals surface area contributed by atoms with E-state index < -0.39 is 40.2 Å². The van der Waals surface area contributed by atoms with Crippen LogP contribution in [0.2, 0.25) is 0 Å². The quantitative estimate of drug-likeness (QED) is 0.479. The Balaban J connectivity index is 3.51. The summed E-state index contributed by atoms with van der Waals surface area (Å²) in [6.07, 6.45) is -10.4. The lowest BCUT2D eigenvalue weighted by Crippen LogP contribution is -2.19. The van der Waals surface area contributed by atoms with E-state index in [4.69, 9.17) is 0 Å². The van der Waals surface area contributed by atoms with E-state index in [9.17, 15) is 36.5 Å². The van der Waals surface area contributed by atoms with Crippen molar-refractivity contribution in [2.75, 3.05) is 6.61 Å². The first-order valence-electron chi connectivity index (χ1n) is 5.24. The molecular weight excluding hydrogens is 312 g/mol. The molecule has 0 heterocycles. The van der Waals surface area contributed by atoms with Gasteiger partial charge in [-0.1, -0.05) is 0 Å². The Morgan fingerprint density at radius 1 is 1.14 bits per heavy atom. The summed E-state index contributed by atoms with van der Waals surface area (Å²) in [7, 11) is 0. The second kappa shape index (κ2) is 5.66. The summed E-state index contributed by atoms with van der Waals surface area (Å²) in [6.45, 7) is 1.05. The van der Waals surface area contributed by atoms with E-state index in [1.165, 1.54) is 6.92 Å². The molecule has 0 amide bonds. The number of alkyl halides is 6. The normalized spacial score (nSPS) is 12.1. The second-order valence-corrected chi connectivity index (χ2v) is 3.55. The maximum absolute atomic E-state index is 12.7. The summed E-state index contributed by atoms with van der Waals surface area (Å²) in [5, 5.41) is 10.6. The van der Waals surface area contributed by atoms with E-state index >= 15 is 0 Å². The van der Waals surface area contributed by atoms with Gasteiger partial charge in [0.15, 0.2) is 0 Å². The van der Waals surface area contributed by atoms with Crippen molar-refractivity contribution in [2.45, 2.75) is 19.5 Å². The first-order valence-corrected chi connectivity index (χ1v) is 5.24. The molecule has 1 rings (SSSR count). The molecule has 0 N–H and O–H groups in total. The van der Waals surface area contributed by atoms with Gasteiger partial charge in [-0.05, 0) is 6.92 Å². The molecule has 0 unspecified atom stereocenters. The van der Waals surface area contributed by atoms with Crippen molar-refractivity contribution in [1.29, 1.82) is 0 Å². The molecule has 1 aromatic rings. The fourth-order valence-electron chi connectivity index (χ4n) is 1.39. The van der Waals surface area contributed by atoms with Crippen LogP contribution < -0.4 is 9.47 Å². The fourth-order valence-corrected chi connectivity index (χ4v) is 1.39. The van der Waals surface area contributed by atoms with Gasteiger partial charge in [-0.3, -0.25) is 10.1 Å². The minimum absolute atomic E-state index is 0.114. The Bertz CT molecular complexity index is 540. The standard InChI is InChI=1S/C10H7F6NO4/c1-2-20-7-4-6(17(18)19)8(21-10(14,15)16)3-5(7)9(11,12)13/h3-4H,2H2,1H3. The van der Waals surface area contributed by atoms with Crippen molar-refractivity contribution >= 4 is 5.69 Å². The van der Waals surface area contributed by atoms with E-state index in [-0.39, 0.29) is 18.7 Å². The molecule has 0 aliphatic heterocycles. The zero-order valence-electron chi connectivity index (χ0n) is 10.2. The van der Waals surface area contributed by atoms with Crippen LogP contribution in [0.25, 0.3) is 0 Å². The molecule has 0 saturated heterocycles. The fraction of sp³-hybridized carbons (Fsp3) is 0.400. The van der Waals surface area contributed by atoms with E-state index in [1.54, 1.807) is 0 Å². The van der Waals surface area contributed by atoms with Crippen molar-refractivity contribution < 1.29 is 40.7 Å². The Labute approximate surface area is 113 Å². The monoisotopic (exact) mass is 319 g/mol. The van der Waals surface area contributed by atoms with Crippen LogP contribution in [0.1, 0.15) is 12.5 Å². The van der Waals surface area contributed by atoms with Gasteiger partial charge in [-0.15, -0.1) is 13.2 Å². The Morgan fingerprint density at radius 2 is 1.71 bits per heavy atom. The Morgan fingerprint density at radius 3 is 2.10 bits per heavy atom. The van der Waals surface area contributed by atoms with Crippen molar-refractivity contribution in [3.05, 3.63) is 27.8 Å². The number of halogens is 6. The average molecular weight is 319 g/mol. The van der Waals surface area contributed by atoms with Crippen LogP contribution in [0.5, 0.6) is 11.5 Å². The number of hydrogen-bond donors (Lipinski definition) is 0. The molecule has 11 heteroatoms. The molecule has 0 aliphatic rings. The molecule has 5 nitrogen and oxygen atoms in total. The summed E-state index contributed by atoms with van der Waals surface area (Å²) < 4.78 is 82.3. The minimum Gasteiger partial charge on any atom is -0.493 e. The van der Waals surface area contributed by atoms with Crippen molar-refractivity contribution in [3.8, 4) is 11.5 Å². The maximum atomic E-state index is 12.7. The highest BCUT2D eigenvalue weighted by Gasteiger charge is 2.40. The SMILES string of the molecule is CCOc1cc([N+](=O)[O-])c(OC(F)(F)F)cc1C(F)(F)F. The number of hydrogen-bond acceptors (Lipinski definition) is 4. The second-order valence-electron chi connectivity index (χ2n) is 3.55. The lowest BCUT2D eigenvalue weighted by molar-refractivity contribution is -0.388.